The molecule has 4 N–H and O–H groups in total. The average Bonchev–Trinajstić information content (AvgIpc) is 2.45. The fraction of sp³-hybridized carbons (Fsp3) is 0.167. The summed E-state index contributed by atoms with van der Waals surface area (Å²) in [5.74, 6) is -0.306. The molecule has 0 heterocycles. The molecule has 1 aromatic rings. The zero-order valence-electron chi connectivity index (χ0n) is 10.8. The first kappa shape index (κ1) is 17.0. The minimum atomic E-state index is -3.75. The molecule has 0 unspecified atom stereocenters. The number of sulfonamides is 1. The summed E-state index contributed by atoms with van der Waals surface area (Å²) in [4.78, 5) is 11.5. The molecule has 112 valence electrons. The van der Waals surface area contributed by atoms with E-state index in [9.17, 15) is 13.2 Å². The van der Waals surface area contributed by atoms with Crippen molar-refractivity contribution in [2.45, 2.75) is 4.90 Å². The van der Waals surface area contributed by atoms with Crippen molar-refractivity contribution >= 4 is 33.2 Å². The fourth-order valence-electron chi connectivity index (χ4n) is 1.30. The first-order valence-corrected chi connectivity index (χ1v) is 7.80. The van der Waals surface area contributed by atoms with E-state index in [1.54, 1.807) is 6.07 Å². The molecule has 7 nitrogen and oxygen atoms in total. The molecule has 0 fully saturated rings. The second-order valence-corrected chi connectivity index (χ2v) is 5.77. The maximum absolute atomic E-state index is 11.5. The van der Waals surface area contributed by atoms with Gasteiger partial charge in [-0.15, -0.1) is 11.6 Å². The van der Waals surface area contributed by atoms with Gasteiger partial charge < -0.3 is 10.6 Å². The lowest BCUT2D eigenvalue weighted by molar-refractivity contribution is -0.117. The number of nitrogens with zero attached hydrogens (tertiary/aromatic N) is 1. The van der Waals surface area contributed by atoms with Crippen LogP contribution in [-0.2, 0) is 14.8 Å². The van der Waals surface area contributed by atoms with Gasteiger partial charge >= 0.3 is 0 Å². The monoisotopic (exact) mass is 328 g/mol. The molecule has 0 saturated carbocycles. The predicted octanol–water partition coefficient (Wildman–Crippen LogP) is 0.508. The van der Waals surface area contributed by atoms with Crippen LogP contribution in [0, 0.1) is 11.3 Å². The van der Waals surface area contributed by atoms with Crippen LogP contribution in [0.15, 0.2) is 40.9 Å². The largest absolute Gasteiger partial charge is 0.360 e. The molecule has 0 atom stereocenters. The number of alkyl halides is 1. The van der Waals surface area contributed by atoms with Crippen LogP contribution in [0.2, 0.25) is 0 Å². The summed E-state index contributed by atoms with van der Waals surface area (Å²) in [6, 6.07) is 7.29. The highest BCUT2D eigenvalue weighted by molar-refractivity contribution is 7.89. The van der Waals surface area contributed by atoms with Crippen LogP contribution in [0.4, 0.5) is 5.69 Å². The van der Waals surface area contributed by atoms with Crippen molar-refractivity contribution in [3.63, 3.8) is 0 Å². The van der Waals surface area contributed by atoms with E-state index >= 15 is 0 Å². The Morgan fingerprint density at radius 2 is 2.00 bits per heavy atom. The molecule has 1 amide bonds. The molecule has 9 heteroatoms. The molecule has 0 aromatic heterocycles. The van der Waals surface area contributed by atoms with Gasteiger partial charge in [0, 0.05) is 24.3 Å². The maximum atomic E-state index is 11.5. The van der Waals surface area contributed by atoms with E-state index in [4.69, 9.17) is 22.0 Å². The van der Waals surface area contributed by atoms with Crippen LogP contribution >= 0.6 is 11.6 Å². The molecule has 1 rings (SSSR count). The Morgan fingerprint density at radius 1 is 1.38 bits per heavy atom. The van der Waals surface area contributed by atoms with Crippen molar-refractivity contribution in [2.75, 3.05) is 17.7 Å². The smallest absolute Gasteiger partial charge is 0.263 e. The third-order valence-electron chi connectivity index (χ3n) is 2.31. The number of primary sulfonamides is 1. The van der Waals surface area contributed by atoms with Crippen LogP contribution < -0.4 is 15.8 Å². The molecule has 1 aromatic carbocycles. The van der Waals surface area contributed by atoms with Gasteiger partial charge in [0.25, 0.3) is 5.91 Å². The highest BCUT2D eigenvalue weighted by Gasteiger charge is 2.08. The van der Waals surface area contributed by atoms with E-state index in [0.29, 0.717) is 5.69 Å². The minimum Gasteiger partial charge on any atom is -0.360 e. The summed E-state index contributed by atoms with van der Waals surface area (Å²) in [7, 11) is -3.75. The summed E-state index contributed by atoms with van der Waals surface area (Å²) in [5, 5.41) is 19.0. The number of carbonyl (C=O) groups excluding carboxylic acids is 1. The molecule has 0 aliphatic carbocycles. The van der Waals surface area contributed by atoms with Gasteiger partial charge in [-0.2, -0.15) is 5.26 Å². The standard InChI is InChI=1S/C12H13ClN4O3S/c13-5-6-16-12(18)9(7-14)8-17-10-1-3-11(4-2-10)21(15,19)20/h1-4,8,17H,5-6H2,(H,16,18)(H2,15,19,20)/b9-8-. The highest BCUT2D eigenvalue weighted by atomic mass is 35.5. The third-order valence-corrected chi connectivity index (χ3v) is 3.43. The summed E-state index contributed by atoms with van der Waals surface area (Å²) in [6.07, 6.45) is 1.22. The number of nitrogens with two attached hydrogens (primary N) is 1. The average molecular weight is 329 g/mol. The third kappa shape index (κ3) is 5.43. The van der Waals surface area contributed by atoms with Gasteiger partial charge in [0.1, 0.15) is 11.6 Å². The molecule has 0 radical (unpaired) electrons. The Labute approximate surface area is 127 Å². The molecule has 21 heavy (non-hydrogen) atoms. The zero-order valence-corrected chi connectivity index (χ0v) is 12.4. The van der Waals surface area contributed by atoms with Crippen LogP contribution in [0.1, 0.15) is 0 Å². The van der Waals surface area contributed by atoms with Crippen molar-refractivity contribution < 1.29 is 13.2 Å². The van der Waals surface area contributed by atoms with E-state index in [1.165, 1.54) is 30.5 Å². The van der Waals surface area contributed by atoms with Crippen molar-refractivity contribution in [3.8, 4) is 6.07 Å². The number of hydrogen-bond donors (Lipinski definition) is 3. The Kier molecular flexibility index (Phi) is 6.17. The molecular weight excluding hydrogens is 316 g/mol. The van der Waals surface area contributed by atoms with E-state index < -0.39 is 15.9 Å². The lowest BCUT2D eigenvalue weighted by atomic mass is 10.3. The van der Waals surface area contributed by atoms with E-state index in [0.717, 1.165) is 0 Å². The van der Waals surface area contributed by atoms with Crippen LogP contribution in [0.5, 0.6) is 0 Å². The summed E-state index contributed by atoms with van der Waals surface area (Å²) >= 11 is 5.43. The summed E-state index contributed by atoms with van der Waals surface area (Å²) in [6.45, 7) is 0.252. The van der Waals surface area contributed by atoms with Gasteiger partial charge in [0.05, 0.1) is 4.90 Å². The molecular formula is C12H13ClN4O3S. The van der Waals surface area contributed by atoms with Gasteiger partial charge in [-0.3, -0.25) is 4.79 Å². The van der Waals surface area contributed by atoms with Crippen LogP contribution in [0.25, 0.3) is 0 Å². The van der Waals surface area contributed by atoms with E-state index in [2.05, 4.69) is 10.6 Å². The zero-order chi connectivity index (χ0) is 15.9. The van der Waals surface area contributed by atoms with Crippen molar-refractivity contribution in [1.82, 2.24) is 5.32 Å². The lowest BCUT2D eigenvalue weighted by Crippen LogP contribution is -2.26. The topological polar surface area (TPSA) is 125 Å². The second kappa shape index (κ2) is 7.64. The van der Waals surface area contributed by atoms with Crippen molar-refractivity contribution in [3.05, 3.63) is 36.0 Å². The molecule has 0 bridgehead atoms. The summed E-state index contributed by atoms with van der Waals surface area (Å²) < 4.78 is 22.2. The maximum Gasteiger partial charge on any atom is 0.263 e. The number of benzene rings is 1. The van der Waals surface area contributed by atoms with Gasteiger partial charge in [-0.1, -0.05) is 0 Å². The van der Waals surface area contributed by atoms with Crippen molar-refractivity contribution in [1.29, 1.82) is 5.26 Å². The number of rotatable bonds is 6. The number of nitriles is 1. The van der Waals surface area contributed by atoms with Gasteiger partial charge in [-0.25, -0.2) is 13.6 Å². The highest BCUT2D eigenvalue weighted by Crippen LogP contribution is 2.13. The van der Waals surface area contributed by atoms with Crippen LogP contribution in [0.3, 0.4) is 0 Å². The van der Waals surface area contributed by atoms with Crippen molar-refractivity contribution in [2.24, 2.45) is 5.14 Å². The number of hydrogen-bond acceptors (Lipinski definition) is 5. The van der Waals surface area contributed by atoms with E-state index in [-0.39, 0.29) is 22.9 Å². The molecule has 0 spiro atoms. The Balaban J connectivity index is 2.79. The lowest BCUT2D eigenvalue weighted by Gasteiger charge is -2.04. The number of halogens is 1. The van der Waals surface area contributed by atoms with Gasteiger partial charge in [0.15, 0.2) is 0 Å². The second-order valence-electron chi connectivity index (χ2n) is 3.83. The Bertz CT molecular complexity index is 677. The normalized spacial score (nSPS) is 11.6. The SMILES string of the molecule is N#C/C(=C/Nc1ccc(S(N)(=O)=O)cc1)C(=O)NCCCl. The Hall–Kier alpha value is -2.08. The number of anilines is 1. The number of nitrogens with one attached hydrogen (secondary N) is 2. The van der Waals surface area contributed by atoms with E-state index in [1.807, 2.05) is 0 Å². The van der Waals surface area contributed by atoms with Crippen LogP contribution in [-0.4, -0.2) is 26.7 Å². The molecule has 0 aliphatic heterocycles. The minimum absolute atomic E-state index is 0.0302. The molecule has 0 saturated heterocycles. The number of amides is 1. The number of carbonyl (C=O) groups is 1. The Morgan fingerprint density at radius 3 is 2.48 bits per heavy atom. The fourth-order valence-corrected chi connectivity index (χ4v) is 1.91. The predicted molar refractivity (Wildman–Crippen MR) is 78.9 cm³/mol. The summed E-state index contributed by atoms with van der Waals surface area (Å²) in [5.41, 5.74) is 0.371. The van der Waals surface area contributed by atoms with Gasteiger partial charge in [0.2, 0.25) is 10.0 Å². The quantitative estimate of drug-likeness (QED) is 0.398. The first-order valence-electron chi connectivity index (χ1n) is 5.72. The first-order chi connectivity index (χ1) is 9.88. The van der Waals surface area contributed by atoms with Gasteiger partial charge in [-0.05, 0) is 24.3 Å². The molecule has 0 aliphatic rings.